The number of thioether (sulfide) groups is 1. The highest BCUT2D eigenvalue weighted by Crippen LogP contribution is 2.27. The number of ether oxygens (including phenoxy) is 1. The Labute approximate surface area is 160 Å². The van der Waals surface area contributed by atoms with E-state index in [-0.39, 0.29) is 0 Å². The van der Waals surface area contributed by atoms with E-state index in [1.807, 2.05) is 61.5 Å². The molecule has 27 heavy (non-hydrogen) atoms. The van der Waals surface area contributed by atoms with Crippen molar-refractivity contribution in [1.29, 1.82) is 0 Å². The van der Waals surface area contributed by atoms with Crippen molar-refractivity contribution in [2.45, 2.75) is 17.8 Å². The summed E-state index contributed by atoms with van der Waals surface area (Å²) in [5, 5.41) is 12.7. The van der Waals surface area contributed by atoms with Gasteiger partial charge < -0.3 is 9.15 Å². The third kappa shape index (κ3) is 3.70. The zero-order valence-corrected chi connectivity index (χ0v) is 15.7. The van der Waals surface area contributed by atoms with Gasteiger partial charge in [0.05, 0.1) is 18.5 Å². The largest absolute Gasteiger partial charge is 0.497 e. The molecule has 0 N–H and O–H groups in total. The number of hydrogen-bond donors (Lipinski definition) is 0. The van der Waals surface area contributed by atoms with Crippen LogP contribution in [0.3, 0.4) is 0 Å². The Balaban J connectivity index is 1.52. The maximum atomic E-state index is 5.81. The average molecular weight is 379 g/mol. The fraction of sp³-hybridized carbons (Fsp3) is 0.158. The highest BCUT2D eigenvalue weighted by molar-refractivity contribution is 7.98. The fourth-order valence-corrected chi connectivity index (χ4v) is 3.45. The molecule has 0 aliphatic heterocycles. The summed E-state index contributed by atoms with van der Waals surface area (Å²) in [5.74, 6) is 2.81. The predicted molar refractivity (Wildman–Crippen MR) is 102 cm³/mol. The summed E-state index contributed by atoms with van der Waals surface area (Å²) in [6, 6.07) is 17.4. The summed E-state index contributed by atoms with van der Waals surface area (Å²) < 4.78 is 12.7. The average Bonchev–Trinajstić information content (AvgIpc) is 3.33. The van der Waals surface area contributed by atoms with Crippen molar-refractivity contribution in [3.05, 3.63) is 66.1 Å². The maximum absolute atomic E-state index is 5.81. The number of oxazole rings is 1. The van der Waals surface area contributed by atoms with E-state index >= 15 is 0 Å². The predicted octanol–water partition coefficient (Wildman–Crippen LogP) is 3.93. The third-order valence-electron chi connectivity index (χ3n) is 4.01. The molecule has 0 saturated heterocycles. The Kier molecular flexibility index (Phi) is 4.88. The second-order valence-corrected chi connectivity index (χ2v) is 6.69. The number of tetrazole rings is 1. The number of benzene rings is 2. The Hall–Kier alpha value is -3.13. The molecule has 0 amide bonds. The van der Waals surface area contributed by atoms with Crippen molar-refractivity contribution in [2.75, 3.05) is 7.11 Å². The van der Waals surface area contributed by atoms with Gasteiger partial charge in [-0.15, -0.1) is 5.10 Å². The molecule has 136 valence electrons. The minimum Gasteiger partial charge on any atom is -0.497 e. The van der Waals surface area contributed by atoms with Gasteiger partial charge >= 0.3 is 0 Å². The van der Waals surface area contributed by atoms with Gasteiger partial charge in [-0.3, -0.25) is 0 Å². The van der Waals surface area contributed by atoms with Crippen molar-refractivity contribution in [3.8, 4) is 22.9 Å². The molecule has 0 radical (unpaired) electrons. The number of aryl methyl sites for hydroxylation is 1. The molecule has 7 nitrogen and oxygen atoms in total. The van der Waals surface area contributed by atoms with Gasteiger partial charge in [-0.25, -0.2) is 4.98 Å². The van der Waals surface area contributed by atoms with Crippen LogP contribution in [0.15, 0.2) is 64.2 Å². The van der Waals surface area contributed by atoms with E-state index in [2.05, 4.69) is 20.5 Å². The number of rotatable bonds is 6. The van der Waals surface area contributed by atoms with E-state index < -0.39 is 0 Å². The summed E-state index contributed by atoms with van der Waals surface area (Å²) in [6.45, 7) is 1.92. The SMILES string of the molecule is COc1ccc(-n2nnnc2SCc2nc(-c3ccccc3)oc2C)cc1. The molecule has 4 rings (SSSR count). The summed E-state index contributed by atoms with van der Waals surface area (Å²) >= 11 is 1.51. The molecule has 0 saturated carbocycles. The second-order valence-electron chi connectivity index (χ2n) is 5.75. The van der Waals surface area contributed by atoms with E-state index in [0.717, 1.165) is 28.5 Å². The van der Waals surface area contributed by atoms with Crippen LogP contribution in [0.4, 0.5) is 0 Å². The van der Waals surface area contributed by atoms with Crippen LogP contribution in [-0.2, 0) is 5.75 Å². The first-order valence-electron chi connectivity index (χ1n) is 8.32. The van der Waals surface area contributed by atoms with Gasteiger partial charge in [-0.2, -0.15) is 4.68 Å². The normalized spacial score (nSPS) is 10.9. The van der Waals surface area contributed by atoms with Crippen LogP contribution in [-0.4, -0.2) is 32.3 Å². The van der Waals surface area contributed by atoms with Crippen molar-refractivity contribution < 1.29 is 9.15 Å². The van der Waals surface area contributed by atoms with E-state index in [9.17, 15) is 0 Å². The molecular weight excluding hydrogens is 362 g/mol. The molecule has 8 heteroatoms. The quantitative estimate of drug-likeness (QED) is 0.470. The lowest BCUT2D eigenvalue weighted by molar-refractivity contribution is 0.414. The molecule has 0 spiro atoms. The van der Waals surface area contributed by atoms with Crippen molar-refractivity contribution in [1.82, 2.24) is 25.2 Å². The minimum atomic E-state index is 0.610. The Bertz CT molecular complexity index is 1030. The van der Waals surface area contributed by atoms with Crippen LogP contribution in [0, 0.1) is 6.92 Å². The number of nitrogens with zero attached hydrogens (tertiary/aromatic N) is 5. The van der Waals surface area contributed by atoms with Crippen LogP contribution < -0.4 is 4.74 Å². The molecule has 2 aromatic carbocycles. The van der Waals surface area contributed by atoms with E-state index in [0.29, 0.717) is 16.8 Å². The van der Waals surface area contributed by atoms with E-state index in [1.54, 1.807) is 11.8 Å². The van der Waals surface area contributed by atoms with Crippen LogP contribution >= 0.6 is 11.8 Å². The smallest absolute Gasteiger partial charge is 0.226 e. The van der Waals surface area contributed by atoms with Crippen molar-refractivity contribution in [2.24, 2.45) is 0 Å². The number of methoxy groups -OCH3 is 1. The highest BCUT2D eigenvalue weighted by Gasteiger charge is 2.15. The lowest BCUT2D eigenvalue weighted by Crippen LogP contribution is -1.99. The molecule has 0 fully saturated rings. The lowest BCUT2D eigenvalue weighted by atomic mass is 10.2. The zero-order chi connectivity index (χ0) is 18.6. The monoisotopic (exact) mass is 379 g/mol. The second kappa shape index (κ2) is 7.63. The van der Waals surface area contributed by atoms with Gasteiger partial charge in [0.2, 0.25) is 11.0 Å². The molecule has 0 aliphatic rings. The first-order valence-corrected chi connectivity index (χ1v) is 9.30. The standard InChI is InChI=1S/C19H17N5O2S/c1-13-17(20-18(26-13)14-6-4-3-5-7-14)12-27-19-21-22-23-24(19)15-8-10-16(25-2)11-9-15/h3-11H,12H2,1-2H3. The highest BCUT2D eigenvalue weighted by atomic mass is 32.2. The minimum absolute atomic E-state index is 0.610. The molecular formula is C19H17N5O2S. The van der Waals surface area contributed by atoms with Gasteiger partial charge in [-0.1, -0.05) is 30.0 Å². The molecule has 2 aromatic heterocycles. The van der Waals surface area contributed by atoms with Crippen LogP contribution in [0.2, 0.25) is 0 Å². The number of aromatic nitrogens is 5. The van der Waals surface area contributed by atoms with Crippen LogP contribution in [0.25, 0.3) is 17.1 Å². The van der Waals surface area contributed by atoms with Crippen molar-refractivity contribution in [3.63, 3.8) is 0 Å². The Morgan fingerprint density at radius 3 is 2.59 bits per heavy atom. The molecule has 0 unspecified atom stereocenters. The van der Waals surface area contributed by atoms with Gasteiger partial charge in [-0.05, 0) is 53.7 Å². The van der Waals surface area contributed by atoms with E-state index in [4.69, 9.17) is 9.15 Å². The maximum Gasteiger partial charge on any atom is 0.226 e. The Morgan fingerprint density at radius 2 is 1.85 bits per heavy atom. The van der Waals surface area contributed by atoms with Crippen molar-refractivity contribution >= 4 is 11.8 Å². The first kappa shape index (κ1) is 17.3. The summed E-state index contributed by atoms with van der Waals surface area (Å²) in [4.78, 5) is 4.62. The first-order chi connectivity index (χ1) is 13.2. The van der Waals surface area contributed by atoms with Gasteiger partial charge in [0.25, 0.3) is 0 Å². The molecule has 0 atom stereocenters. The molecule has 0 bridgehead atoms. The van der Waals surface area contributed by atoms with Crippen LogP contribution in [0.5, 0.6) is 5.75 Å². The van der Waals surface area contributed by atoms with Crippen LogP contribution in [0.1, 0.15) is 11.5 Å². The van der Waals surface area contributed by atoms with Gasteiger partial charge in [0.1, 0.15) is 11.5 Å². The molecule has 0 aliphatic carbocycles. The molecule has 4 aromatic rings. The summed E-state index contributed by atoms with van der Waals surface area (Å²) in [7, 11) is 1.64. The fourth-order valence-electron chi connectivity index (χ4n) is 2.55. The van der Waals surface area contributed by atoms with Gasteiger partial charge in [0, 0.05) is 11.3 Å². The topological polar surface area (TPSA) is 78.9 Å². The zero-order valence-electron chi connectivity index (χ0n) is 14.9. The van der Waals surface area contributed by atoms with E-state index in [1.165, 1.54) is 11.8 Å². The Morgan fingerprint density at radius 1 is 1.07 bits per heavy atom. The summed E-state index contributed by atoms with van der Waals surface area (Å²) in [5.41, 5.74) is 2.70. The number of hydrogen-bond acceptors (Lipinski definition) is 7. The third-order valence-corrected chi connectivity index (χ3v) is 4.94. The summed E-state index contributed by atoms with van der Waals surface area (Å²) in [6.07, 6.45) is 0. The molecule has 2 heterocycles. The van der Waals surface area contributed by atoms with Gasteiger partial charge in [0.15, 0.2) is 0 Å². The lowest BCUT2D eigenvalue weighted by Gasteiger charge is -2.05.